The van der Waals surface area contributed by atoms with Crippen LogP contribution in [-0.4, -0.2) is 20.0 Å². The zero-order valence-corrected chi connectivity index (χ0v) is 16.4. The maximum Gasteiger partial charge on any atom is 0.361 e. The minimum absolute atomic E-state index is 0.185. The molecule has 30 heavy (non-hydrogen) atoms. The normalized spacial score (nSPS) is 11.1. The molecule has 0 bridgehead atoms. The van der Waals surface area contributed by atoms with Crippen LogP contribution in [0.5, 0.6) is 5.75 Å². The van der Waals surface area contributed by atoms with Gasteiger partial charge in [0.2, 0.25) is 0 Å². The van der Waals surface area contributed by atoms with Gasteiger partial charge in [0.25, 0.3) is 0 Å². The van der Waals surface area contributed by atoms with Gasteiger partial charge in [0.05, 0.1) is 5.69 Å². The largest absolute Gasteiger partial charge is 0.489 e. The maximum atomic E-state index is 11.8. The molecular formula is C24H20N4O2. The summed E-state index contributed by atoms with van der Waals surface area (Å²) in [6.07, 6.45) is 3.64. The van der Waals surface area contributed by atoms with E-state index < -0.39 is 0 Å². The first-order valence-electron chi connectivity index (χ1n) is 9.70. The Balaban J connectivity index is 1.44. The Labute approximate surface area is 172 Å². The lowest BCUT2D eigenvalue weighted by Crippen LogP contribution is -2.33. The predicted molar refractivity (Wildman–Crippen MR) is 117 cm³/mol. The van der Waals surface area contributed by atoms with E-state index in [2.05, 4.69) is 39.6 Å². The first kappa shape index (κ1) is 18.0. The van der Waals surface area contributed by atoms with E-state index in [4.69, 9.17) is 4.74 Å². The second-order valence-electron chi connectivity index (χ2n) is 7.20. The maximum absolute atomic E-state index is 11.8. The van der Waals surface area contributed by atoms with Crippen molar-refractivity contribution in [3.05, 3.63) is 101 Å². The molecule has 0 aliphatic carbocycles. The van der Waals surface area contributed by atoms with Crippen LogP contribution in [0.15, 0.2) is 83.9 Å². The Bertz CT molecular complexity index is 1380. The number of nitrogens with one attached hydrogen (secondary N) is 2. The second kappa shape index (κ2) is 7.40. The summed E-state index contributed by atoms with van der Waals surface area (Å²) in [7, 11) is 0. The molecule has 6 heteroatoms. The van der Waals surface area contributed by atoms with Gasteiger partial charge < -0.3 is 4.74 Å². The Kier molecular flexibility index (Phi) is 4.44. The minimum atomic E-state index is -0.185. The fourth-order valence-corrected chi connectivity index (χ4v) is 3.59. The predicted octanol–water partition coefficient (Wildman–Crippen LogP) is 4.60. The zero-order valence-electron chi connectivity index (χ0n) is 16.4. The van der Waals surface area contributed by atoms with Gasteiger partial charge in [-0.3, -0.25) is 4.98 Å². The average molecular weight is 396 g/mol. The molecule has 0 spiro atoms. The lowest BCUT2D eigenvalue weighted by molar-refractivity contribution is 0.304. The van der Waals surface area contributed by atoms with Crippen molar-refractivity contribution in [2.45, 2.75) is 13.5 Å². The van der Waals surface area contributed by atoms with Crippen LogP contribution < -0.4 is 10.4 Å². The third-order valence-corrected chi connectivity index (χ3v) is 5.29. The number of H-pyrrole nitrogens is 2. The standard InChI is InChI=1S/C24H20N4O2/c1-16-4-2-6-23(28-24(29)26-27-28)22(16)15-30-21-10-9-17-7-8-18(12-20(17)13-21)19-5-3-11-25-14-19/h2-14,27H,15H2,1H3,(H,26,29). The Morgan fingerprint density at radius 2 is 1.87 bits per heavy atom. The number of hydrogen-bond acceptors (Lipinski definition) is 3. The van der Waals surface area contributed by atoms with Gasteiger partial charge in [-0.2, -0.15) is 4.68 Å². The summed E-state index contributed by atoms with van der Waals surface area (Å²) in [6.45, 7) is 2.38. The van der Waals surface area contributed by atoms with Crippen molar-refractivity contribution in [3.63, 3.8) is 0 Å². The molecule has 5 rings (SSSR count). The molecule has 0 atom stereocenters. The molecule has 0 aliphatic heterocycles. The highest BCUT2D eigenvalue weighted by molar-refractivity contribution is 5.88. The lowest BCUT2D eigenvalue weighted by Gasteiger charge is -2.16. The van der Waals surface area contributed by atoms with Crippen LogP contribution in [0.4, 0.5) is 0 Å². The molecule has 6 nitrogen and oxygen atoms in total. The van der Waals surface area contributed by atoms with Gasteiger partial charge in [0.15, 0.2) is 0 Å². The van der Waals surface area contributed by atoms with Crippen LogP contribution in [0.1, 0.15) is 11.1 Å². The van der Waals surface area contributed by atoms with E-state index in [1.165, 1.54) is 4.68 Å². The van der Waals surface area contributed by atoms with E-state index in [-0.39, 0.29) is 5.69 Å². The topological polar surface area (TPSA) is 75.7 Å². The Hall–Kier alpha value is -4.06. The van der Waals surface area contributed by atoms with Crippen LogP contribution in [0.3, 0.4) is 0 Å². The van der Waals surface area contributed by atoms with E-state index >= 15 is 0 Å². The van der Waals surface area contributed by atoms with Gasteiger partial charge in [0.1, 0.15) is 12.4 Å². The smallest absolute Gasteiger partial charge is 0.361 e. The number of aryl methyl sites for hydroxylation is 1. The number of ether oxygens (including phenoxy) is 1. The van der Waals surface area contributed by atoms with E-state index in [9.17, 15) is 4.79 Å². The number of aromatic amines is 2. The monoisotopic (exact) mass is 396 g/mol. The first-order chi connectivity index (χ1) is 14.7. The number of pyridine rings is 1. The number of aromatic nitrogens is 4. The van der Waals surface area contributed by atoms with Crippen molar-refractivity contribution >= 4 is 10.8 Å². The lowest BCUT2D eigenvalue weighted by atomic mass is 10.0. The molecule has 0 saturated heterocycles. The van der Waals surface area contributed by atoms with Gasteiger partial charge in [-0.15, -0.1) is 0 Å². The van der Waals surface area contributed by atoms with Crippen molar-refractivity contribution in [3.8, 4) is 22.6 Å². The summed E-state index contributed by atoms with van der Waals surface area (Å²) < 4.78 is 7.60. The van der Waals surface area contributed by atoms with Crippen LogP contribution in [0.25, 0.3) is 27.6 Å². The number of nitrogens with zero attached hydrogens (tertiary/aromatic N) is 2. The molecule has 0 radical (unpaired) electrons. The fraction of sp³-hybridized carbons (Fsp3) is 0.0833. The molecule has 2 N–H and O–H groups in total. The molecule has 2 aromatic heterocycles. The van der Waals surface area contributed by atoms with Crippen molar-refractivity contribution < 1.29 is 4.74 Å². The number of rotatable bonds is 5. The molecule has 2 heterocycles. The number of hydrogen-bond donors (Lipinski definition) is 2. The summed E-state index contributed by atoms with van der Waals surface area (Å²) in [5.41, 5.74) is 4.83. The van der Waals surface area contributed by atoms with E-state index in [0.717, 1.165) is 44.5 Å². The van der Waals surface area contributed by atoms with Crippen LogP contribution in [-0.2, 0) is 6.61 Å². The first-order valence-corrected chi connectivity index (χ1v) is 9.70. The highest BCUT2D eigenvalue weighted by Gasteiger charge is 2.12. The summed E-state index contributed by atoms with van der Waals surface area (Å²) >= 11 is 0. The molecule has 0 aliphatic rings. The second-order valence-corrected chi connectivity index (χ2v) is 7.20. The Morgan fingerprint density at radius 3 is 2.63 bits per heavy atom. The summed E-state index contributed by atoms with van der Waals surface area (Å²) in [5.74, 6) is 0.779. The van der Waals surface area contributed by atoms with Gasteiger partial charge in [-0.1, -0.05) is 36.4 Å². The quantitative estimate of drug-likeness (QED) is 0.456. The highest BCUT2D eigenvalue weighted by Crippen LogP contribution is 2.28. The van der Waals surface area contributed by atoms with E-state index in [1.54, 1.807) is 6.20 Å². The molecule has 3 aromatic carbocycles. The van der Waals surface area contributed by atoms with Crippen molar-refractivity contribution in [2.75, 3.05) is 0 Å². The van der Waals surface area contributed by atoms with E-state index in [1.807, 2.05) is 55.6 Å². The molecular weight excluding hydrogens is 376 g/mol. The van der Waals surface area contributed by atoms with Gasteiger partial charge >= 0.3 is 5.69 Å². The van der Waals surface area contributed by atoms with Crippen LogP contribution >= 0.6 is 0 Å². The molecule has 5 aromatic rings. The fourth-order valence-electron chi connectivity index (χ4n) is 3.59. The minimum Gasteiger partial charge on any atom is -0.489 e. The molecule has 0 unspecified atom stereocenters. The van der Waals surface area contributed by atoms with Crippen molar-refractivity contribution in [1.82, 2.24) is 20.0 Å². The number of benzene rings is 3. The van der Waals surface area contributed by atoms with E-state index in [0.29, 0.717) is 6.61 Å². The summed E-state index contributed by atoms with van der Waals surface area (Å²) in [4.78, 5) is 16.0. The van der Waals surface area contributed by atoms with Crippen LogP contribution in [0, 0.1) is 6.92 Å². The third-order valence-electron chi connectivity index (χ3n) is 5.29. The summed E-state index contributed by atoms with van der Waals surface area (Å²) in [5, 5.41) is 7.55. The van der Waals surface area contributed by atoms with Crippen molar-refractivity contribution in [1.29, 1.82) is 0 Å². The zero-order chi connectivity index (χ0) is 20.5. The molecule has 0 saturated carbocycles. The Morgan fingerprint density at radius 1 is 0.967 bits per heavy atom. The highest BCUT2D eigenvalue weighted by atomic mass is 16.5. The van der Waals surface area contributed by atoms with Gasteiger partial charge in [-0.25, -0.2) is 15.1 Å². The van der Waals surface area contributed by atoms with Gasteiger partial charge in [-0.05, 0) is 59.2 Å². The molecule has 148 valence electrons. The summed E-state index contributed by atoms with van der Waals surface area (Å²) in [6, 6.07) is 22.3. The third kappa shape index (κ3) is 3.28. The molecule has 0 amide bonds. The average Bonchev–Trinajstić information content (AvgIpc) is 2.77. The SMILES string of the molecule is Cc1cccc(-n2[nH][nH]c2=O)c1COc1ccc2ccc(-c3cccnc3)cc2c1. The number of fused-ring (bicyclic) bond motifs is 1. The van der Waals surface area contributed by atoms with Crippen LogP contribution in [0.2, 0.25) is 0 Å². The molecule has 0 fully saturated rings. The van der Waals surface area contributed by atoms with Gasteiger partial charge in [0, 0.05) is 23.5 Å². The van der Waals surface area contributed by atoms with Crippen molar-refractivity contribution in [2.24, 2.45) is 0 Å².